The zero-order valence-corrected chi connectivity index (χ0v) is 32.6. The van der Waals surface area contributed by atoms with Gasteiger partial charge in [0, 0.05) is 32.6 Å². The van der Waals surface area contributed by atoms with Gasteiger partial charge in [0.05, 0.1) is 12.7 Å². The summed E-state index contributed by atoms with van der Waals surface area (Å²) < 4.78 is 0. The molecule has 0 bridgehead atoms. The molecule has 15 nitrogen and oxygen atoms in total. The Bertz CT molecular complexity index is 1430. The third-order valence-corrected chi connectivity index (χ3v) is 10.5. The Morgan fingerprint density at radius 1 is 0.963 bits per heavy atom. The van der Waals surface area contributed by atoms with Gasteiger partial charge >= 0.3 is 0 Å². The van der Waals surface area contributed by atoms with E-state index in [1.54, 1.807) is 0 Å². The number of aliphatic hydroxyl groups excluding tert-OH is 5. The van der Waals surface area contributed by atoms with Crippen molar-refractivity contribution in [1.82, 2.24) is 30.4 Å². The third kappa shape index (κ3) is 14.8. The number of nitrogens with zero attached hydrogens (tertiary/aromatic N) is 4. The van der Waals surface area contributed by atoms with E-state index in [1.807, 2.05) is 21.9 Å². The van der Waals surface area contributed by atoms with Gasteiger partial charge in [-0.25, -0.2) is 9.97 Å². The molecule has 16 heteroatoms. The minimum absolute atomic E-state index is 0.0369. The van der Waals surface area contributed by atoms with Crippen molar-refractivity contribution in [2.24, 2.45) is 11.8 Å². The van der Waals surface area contributed by atoms with Crippen LogP contribution in [0.25, 0.3) is 0 Å². The summed E-state index contributed by atoms with van der Waals surface area (Å²) in [5.74, 6) is -0.0250. The Labute approximate surface area is 324 Å². The highest BCUT2D eigenvalue weighted by atomic mass is 35.5. The number of anilines is 2. The van der Waals surface area contributed by atoms with Crippen LogP contribution in [0.2, 0.25) is 5.15 Å². The maximum Gasteiger partial charge on any atom is 0.273 e. The number of likely N-dealkylation sites (tertiary alicyclic amines) is 1. The topological polar surface area (TPSA) is 244 Å². The number of halogens is 1. The fourth-order valence-corrected chi connectivity index (χ4v) is 6.91. The molecule has 0 radical (unpaired) electrons. The van der Waals surface area contributed by atoms with E-state index in [9.17, 15) is 30.0 Å². The molecule has 3 rings (SSSR count). The van der Waals surface area contributed by atoms with Crippen LogP contribution < -0.4 is 22.1 Å². The molecule has 1 saturated heterocycles. The fourth-order valence-electron chi connectivity index (χ4n) is 6.78. The Kier molecular flexibility index (Phi) is 19.9. The quantitative estimate of drug-likeness (QED) is 0.0680. The molecule has 1 aromatic heterocycles. The van der Waals surface area contributed by atoms with Crippen LogP contribution in [-0.2, 0) is 11.2 Å². The fraction of sp³-hybridized carbons (Fsp3) is 0.684. The van der Waals surface area contributed by atoms with Crippen molar-refractivity contribution in [3.8, 4) is 0 Å². The number of unbranched alkanes of at least 4 members (excludes halogenated alkanes) is 3. The zero-order valence-electron chi connectivity index (χ0n) is 31.9. The molecular weight excluding hydrogens is 716 g/mol. The molecule has 1 aliphatic heterocycles. The predicted octanol–water partition coefficient (Wildman–Crippen LogP) is 1.12. The number of nitrogen functional groups attached to an aromatic ring is 2. The molecule has 2 heterocycles. The molecule has 304 valence electrons. The van der Waals surface area contributed by atoms with E-state index in [0.29, 0.717) is 58.0 Å². The van der Waals surface area contributed by atoms with E-state index in [0.717, 1.165) is 51.5 Å². The second-order valence-corrected chi connectivity index (χ2v) is 14.9. The lowest BCUT2D eigenvalue weighted by molar-refractivity contribution is -0.132. The van der Waals surface area contributed by atoms with Crippen LogP contribution in [0.4, 0.5) is 11.6 Å². The van der Waals surface area contributed by atoms with Gasteiger partial charge in [-0.1, -0.05) is 62.1 Å². The maximum atomic E-state index is 13.2. The van der Waals surface area contributed by atoms with Crippen molar-refractivity contribution >= 4 is 35.1 Å². The number of amides is 2. The van der Waals surface area contributed by atoms with Gasteiger partial charge < -0.3 is 57.4 Å². The number of hydrogen-bond donors (Lipinski definition) is 9. The highest BCUT2D eigenvalue weighted by molar-refractivity contribution is 6.31. The lowest BCUT2D eigenvalue weighted by Gasteiger charge is -2.33. The summed E-state index contributed by atoms with van der Waals surface area (Å²) in [7, 11) is 0. The van der Waals surface area contributed by atoms with Crippen molar-refractivity contribution in [3.05, 3.63) is 46.2 Å². The van der Waals surface area contributed by atoms with Gasteiger partial charge in [0.1, 0.15) is 18.3 Å². The minimum Gasteiger partial charge on any atom is -0.394 e. The summed E-state index contributed by atoms with van der Waals surface area (Å²) in [6.45, 7) is 7.95. The molecule has 11 N–H and O–H groups in total. The summed E-state index contributed by atoms with van der Waals surface area (Å²) >= 11 is 5.99. The first-order chi connectivity index (χ1) is 25.8. The number of aryl methyl sites for hydroxylation is 1. The first-order valence-corrected chi connectivity index (χ1v) is 19.7. The van der Waals surface area contributed by atoms with Crippen molar-refractivity contribution in [3.63, 3.8) is 0 Å². The highest BCUT2D eigenvalue weighted by Crippen LogP contribution is 2.20. The number of aromatic nitrogens is 2. The maximum absolute atomic E-state index is 13.2. The summed E-state index contributed by atoms with van der Waals surface area (Å²) in [6.07, 6.45) is 1.39. The summed E-state index contributed by atoms with van der Waals surface area (Å²) in [5, 5.41) is 56.2. The molecule has 1 aliphatic rings. The summed E-state index contributed by atoms with van der Waals surface area (Å²) in [4.78, 5) is 37.9. The molecule has 0 saturated carbocycles. The number of hydrogen-bond acceptors (Lipinski definition) is 13. The van der Waals surface area contributed by atoms with Crippen LogP contribution in [-0.4, -0.2) is 140 Å². The molecule has 1 aromatic carbocycles. The second kappa shape index (κ2) is 23.7. The number of aliphatic hydroxyl groups is 5. The average Bonchev–Trinajstić information content (AvgIpc) is 3.16. The van der Waals surface area contributed by atoms with Crippen molar-refractivity contribution < 1.29 is 35.1 Å². The first-order valence-electron chi connectivity index (χ1n) is 19.3. The van der Waals surface area contributed by atoms with Crippen LogP contribution in [0.3, 0.4) is 0 Å². The van der Waals surface area contributed by atoms with Gasteiger partial charge in [0.25, 0.3) is 5.91 Å². The van der Waals surface area contributed by atoms with Crippen LogP contribution >= 0.6 is 11.6 Å². The Morgan fingerprint density at radius 3 is 2.33 bits per heavy atom. The van der Waals surface area contributed by atoms with E-state index in [-0.39, 0.29) is 40.9 Å². The number of carbonyl (C=O) groups is 2. The van der Waals surface area contributed by atoms with Crippen LogP contribution in [0.5, 0.6) is 0 Å². The van der Waals surface area contributed by atoms with Gasteiger partial charge in [0.15, 0.2) is 22.5 Å². The Morgan fingerprint density at radius 2 is 1.65 bits per heavy atom. The van der Waals surface area contributed by atoms with Crippen molar-refractivity contribution in [1.29, 1.82) is 0 Å². The van der Waals surface area contributed by atoms with E-state index in [4.69, 9.17) is 28.2 Å². The van der Waals surface area contributed by atoms with Crippen molar-refractivity contribution in [2.75, 3.05) is 70.4 Å². The molecule has 2 aromatic rings. The SMILES string of the molecule is CCCCCCN(CCCC(=O)N1CCC(CNC[C@@H](CNC(=O)c2nc(Cl)c(N)nc2N)Cc2ccccc2C)CC1)C[C@H](O)[C@@H](O)[C@H](O)[C@H](O)CO. The van der Waals surface area contributed by atoms with Gasteiger partial charge in [-0.15, -0.1) is 0 Å². The summed E-state index contributed by atoms with van der Waals surface area (Å²) in [6, 6.07) is 8.18. The van der Waals surface area contributed by atoms with Gasteiger partial charge in [0.2, 0.25) is 5.91 Å². The minimum atomic E-state index is -1.67. The summed E-state index contributed by atoms with van der Waals surface area (Å²) in [5.41, 5.74) is 13.9. The number of rotatable bonds is 24. The molecule has 2 amide bonds. The highest BCUT2D eigenvalue weighted by Gasteiger charge is 2.31. The molecule has 54 heavy (non-hydrogen) atoms. The van der Waals surface area contributed by atoms with E-state index in [2.05, 4.69) is 46.6 Å². The Balaban J connectivity index is 1.46. The second-order valence-electron chi connectivity index (χ2n) is 14.6. The number of piperidine rings is 1. The predicted molar refractivity (Wildman–Crippen MR) is 210 cm³/mol. The van der Waals surface area contributed by atoms with Crippen LogP contribution in [0.15, 0.2) is 24.3 Å². The monoisotopic (exact) mass is 778 g/mol. The molecule has 1 fully saturated rings. The molecule has 0 unspecified atom stereocenters. The molecule has 0 spiro atoms. The lowest BCUT2D eigenvalue weighted by atomic mass is 9.94. The zero-order chi connectivity index (χ0) is 39.6. The van der Waals surface area contributed by atoms with Gasteiger partial charge in [-0.3, -0.25) is 9.59 Å². The standard InChI is InChI=1S/C38H63ClN8O7/c1-3-4-5-8-15-46(23-29(49)33(52)34(53)30(50)24-48)16-9-12-31(51)47-17-13-26(14-18-47)20-42-21-27(19-28-11-7-6-10-25(28)2)22-43-38(54)32-36(40)45-37(41)35(39)44-32/h6-7,10-11,26-27,29-30,33-34,42,48-50,52-53H,3-5,8-9,12-24H2,1-2H3,(H,43,54)(H4,40,41,45)/t27-,29-,30+,33+,34+/m0/s1. The number of nitrogens with one attached hydrogen (secondary N) is 2. The molecule has 5 atom stereocenters. The number of carbonyl (C=O) groups excluding carboxylic acids is 2. The van der Waals surface area contributed by atoms with Gasteiger partial charge in [-0.2, -0.15) is 0 Å². The van der Waals surface area contributed by atoms with Crippen molar-refractivity contribution in [2.45, 2.75) is 96.1 Å². The van der Waals surface area contributed by atoms with Gasteiger partial charge in [-0.05, 0) is 88.2 Å². The lowest BCUT2D eigenvalue weighted by Crippen LogP contribution is -2.50. The van der Waals surface area contributed by atoms with E-state index in [1.165, 1.54) is 11.1 Å². The van der Waals surface area contributed by atoms with Crippen LogP contribution in [0, 0.1) is 18.8 Å². The smallest absolute Gasteiger partial charge is 0.273 e. The van der Waals surface area contributed by atoms with Crippen LogP contribution in [0.1, 0.15) is 79.9 Å². The van der Waals surface area contributed by atoms with E-state index >= 15 is 0 Å². The molecule has 0 aliphatic carbocycles. The normalized spacial score (nSPS) is 16.6. The Hall–Kier alpha value is -3.15. The third-order valence-electron chi connectivity index (χ3n) is 10.2. The first kappa shape index (κ1) is 45.2. The number of nitrogens with two attached hydrogens (primary N) is 2. The largest absolute Gasteiger partial charge is 0.394 e. The van der Waals surface area contributed by atoms with E-state index < -0.39 is 36.9 Å². The average molecular weight is 779 g/mol. The number of benzene rings is 1. The molecular formula is C38H63ClN8O7.